The highest BCUT2D eigenvalue weighted by Crippen LogP contribution is 2.11. The Balaban J connectivity index is 4.99. The SMILES string of the molecule is CC(C)(C)OC(=O)CC(/C=C/S(C)(=O)=O)NC(=O)OC(C)(C)C. The molecule has 0 aliphatic rings. The van der Waals surface area contributed by atoms with E-state index >= 15 is 0 Å². The minimum absolute atomic E-state index is 0.206. The van der Waals surface area contributed by atoms with E-state index in [1.165, 1.54) is 6.08 Å². The van der Waals surface area contributed by atoms with Crippen molar-refractivity contribution in [1.29, 1.82) is 0 Å². The van der Waals surface area contributed by atoms with Crippen molar-refractivity contribution >= 4 is 21.9 Å². The smallest absolute Gasteiger partial charge is 0.408 e. The van der Waals surface area contributed by atoms with Crippen LogP contribution in [0.5, 0.6) is 0 Å². The highest BCUT2D eigenvalue weighted by Gasteiger charge is 2.23. The summed E-state index contributed by atoms with van der Waals surface area (Å²) in [5.74, 6) is -0.559. The summed E-state index contributed by atoms with van der Waals surface area (Å²) in [5.41, 5.74) is -1.38. The van der Waals surface area contributed by atoms with Gasteiger partial charge < -0.3 is 14.8 Å². The molecule has 1 unspecified atom stereocenters. The van der Waals surface area contributed by atoms with Gasteiger partial charge in [0.2, 0.25) is 0 Å². The third kappa shape index (κ3) is 13.8. The molecule has 0 fully saturated rings. The zero-order valence-corrected chi connectivity index (χ0v) is 15.6. The van der Waals surface area contributed by atoms with Gasteiger partial charge in [0.15, 0.2) is 9.84 Å². The Morgan fingerprint density at radius 3 is 1.91 bits per heavy atom. The summed E-state index contributed by atoms with van der Waals surface area (Å²) >= 11 is 0. The topological polar surface area (TPSA) is 98.8 Å². The van der Waals surface area contributed by atoms with E-state index in [0.717, 1.165) is 11.7 Å². The van der Waals surface area contributed by atoms with Crippen LogP contribution in [-0.4, -0.2) is 44.0 Å². The molecule has 0 saturated heterocycles. The quantitative estimate of drug-likeness (QED) is 0.764. The van der Waals surface area contributed by atoms with Crippen molar-refractivity contribution in [2.75, 3.05) is 6.26 Å². The number of amides is 1. The Morgan fingerprint density at radius 1 is 1.04 bits per heavy atom. The second-order valence-electron chi connectivity index (χ2n) is 7.20. The summed E-state index contributed by atoms with van der Waals surface area (Å²) in [5, 5.41) is 3.38. The van der Waals surface area contributed by atoms with Gasteiger partial charge >= 0.3 is 12.1 Å². The molecule has 0 saturated carbocycles. The lowest BCUT2D eigenvalue weighted by atomic mass is 10.1. The van der Waals surface area contributed by atoms with Crippen molar-refractivity contribution in [2.24, 2.45) is 0 Å². The molecule has 0 rings (SSSR count). The van der Waals surface area contributed by atoms with E-state index in [-0.39, 0.29) is 6.42 Å². The molecule has 0 spiro atoms. The van der Waals surface area contributed by atoms with Gasteiger partial charge in [0.05, 0.1) is 12.5 Å². The van der Waals surface area contributed by atoms with Crippen molar-refractivity contribution in [3.63, 3.8) is 0 Å². The lowest BCUT2D eigenvalue weighted by molar-refractivity contribution is -0.155. The Labute approximate surface area is 138 Å². The van der Waals surface area contributed by atoms with Gasteiger partial charge in [0.1, 0.15) is 11.2 Å². The molecule has 0 bridgehead atoms. The maximum atomic E-state index is 11.9. The molecule has 0 aliphatic heterocycles. The molecule has 1 atom stereocenters. The molecule has 0 aromatic rings. The van der Waals surface area contributed by atoms with Crippen LogP contribution in [0.1, 0.15) is 48.0 Å². The zero-order valence-electron chi connectivity index (χ0n) is 14.8. The Bertz CT molecular complexity index is 521. The monoisotopic (exact) mass is 349 g/mol. The molecule has 0 aliphatic carbocycles. The van der Waals surface area contributed by atoms with E-state index in [9.17, 15) is 18.0 Å². The zero-order chi connectivity index (χ0) is 18.5. The molecule has 0 heterocycles. The number of nitrogens with one attached hydrogen (secondary N) is 1. The average Bonchev–Trinajstić information content (AvgIpc) is 2.18. The van der Waals surface area contributed by atoms with E-state index in [4.69, 9.17) is 9.47 Å². The third-order valence-electron chi connectivity index (χ3n) is 2.07. The Hall–Kier alpha value is -1.57. The normalized spacial score (nSPS) is 14.4. The van der Waals surface area contributed by atoms with Crippen molar-refractivity contribution in [3.05, 3.63) is 11.5 Å². The van der Waals surface area contributed by atoms with Crippen molar-refractivity contribution in [2.45, 2.75) is 65.2 Å². The summed E-state index contributed by atoms with van der Waals surface area (Å²) in [6, 6.07) is -0.852. The van der Waals surface area contributed by atoms with Gasteiger partial charge in [0, 0.05) is 11.7 Å². The highest BCUT2D eigenvalue weighted by atomic mass is 32.2. The van der Waals surface area contributed by atoms with E-state index in [2.05, 4.69) is 5.32 Å². The van der Waals surface area contributed by atoms with E-state index < -0.39 is 39.1 Å². The van der Waals surface area contributed by atoms with Gasteiger partial charge in [-0.1, -0.05) is 6.08 Å². The molecular weight excluding hydrogens is 322 g/mol. The first-order valence-corrected chi connectivity index (χ1v) is 9.12. The third-order valence-corrected chi connectivity index (χ3v) is 2.72. The molecule has 1 amide bonds. The Kier molecular flexibility index (Phi) is 7.27. The number of alkyl carbamates (subject to hydrolysis) is 1. The van der Waals surface area contributed by atoms with Gasteiger partial charge in [-0.3, -0.25) is 4.79 Å². The molecular formula is C15H27NO6S. The largest absolute Gasteiger partial charge is 0.460 e. The van der Waals surface area contributed by atoms with Crippen LogP contribution in [-0.2, 0) is 24.1 Å². The fourth-order valence-corrected chi connectivity index (χ4v) is 1.90. The highest BCUT2D eigenvalue weighted by molar-refractivity contribution is 7.93. The first-order valence-electron chi connectivity index (χ1n) is 7.17. The van der Waals surface area contributed by atoms with Crippen LogP contribution in [0.25, 0.3) is 0 Å². The maximum absolute atomic E-state index is 11.9. The number of hydrogen-bond donors (Lipinski definition) is 1. The number of ether oxygens (including phenoxy) is 2. The van der Waals surface area contributed by atoms with E-state index in [1.54, 1.807) is 41.5 Å². The van der Waals surface area contributed by atoms with Gasteiger partial charge in [0.25, 0.3) is 0 Å². The van der Waals surface area contributed by atoms with Crippen LogP contribution in [0.4, 0.5) is 4.79 Å². The standard InChI is InChI=1S/C15H27NO6S/c1-14(2,3)21-12(17)10-11(8-9-23(7,19)20)16-13(18)22-15(4,5)6/h8-9,11H,10H2,1-7H3,(H,16,18)/b9-8+. The van der Waals surface area contributed by atoms with Crippen LogP contribution >= 0.6 is 0 Å². The predicted molar refractivity (Wildman–Crippen MR) is 87.6 cm³/mol. The average molecular weight is 349 g/mol. The minimum atomic E-state index is -3.39. The van der Waals surface area contributed by atoms with Gasteiger partial charge in [-0.25, -0.2) is 13.2 Å². The van der Waals surface area contributed by atoms with Crippen LogP contribution in [0, 0.1) is 0 Å². The van der Waals surface area contributed by atoms with Crippen LogP contribution in [0.2, 0.25) is 0 Å². The van der Waals surface area contributed by atoms with E-state index in [0.29, 0.717) is 0 Å². The van der Waals surface area contributed by atoms with Crippen molar-refractivity contribution < 1.29 is 27.5 Å². The fourth-order valence-electron chi connectivity index (χ4n) is 1.43. The number of hydrogen-bond acceptors (Lipinski definition) is 6. The molecule has 0 radical (unpaired) electrons. The van der Waals surface area contributed by atoms with Gasteiger partial charge in [-0.15, -0.1) is 0 Å². The molecule has 8 heteroatoms. The van der Waals surface area contributed by atoms with E-state index in [1.807, 2.05) is 0 Å². The lowest BCUT2D eigenvalue weighted by Gasteiger charge is -2.23. The molecule has 134 valence electrons. The number of carbonyl (C=O) groups is 2. The van der Waals surface area contributed by atoms with Gasteiger partial charge in [-0.2, -0.15) is 0 Å². The fraction of sp³-hybridized carbons (Fsp3) is 0.733. The molecule has 23 heavy (non-hydrogen) atoms. The molecule has 1 N–H and O–H groups in total. The number of sulfone groups is 1. The summed E-state index contributed by atoms with van der Waals surface area (Å²) in [6.07, 6.45) is 1.29. The summed E-state index contributed by atoms with van der Waals surface area (Å²) < 4.78 is 32.7. The van der Waals surface area contributed by atoms with Crippen LogP contribution < -0.4 is 5.32 Å². The molecule has 7 nitrogen and oxygen atoms in total. The molecule has 0 aromatic carbocycles. The second kappa shape index (κ2) is 7.81. The van der Waals surface area contributed by atoms with Crippen molar-refractivity contribution in [3.8, 4) is 0 Å². The maximum Gasteiger partial charge on any atom is 0.408 e. The number of rotatable bonds is 5. The summed E-state index contributed by atoms with van der Waals surface area (Å²) in [4.78, 5) is 23.7. The minimum Gasteiger partial charge on any atom is -0.460 e. The number of esters is 1. The molecule has 0 aromatic heterocycles. The lowest BCUT2D eigenvalue weighted by Crippen LogP contribution is -2.40. The second-order valence-corrected chi connectivity index (χ2v) is 9.13. The van der Waals surface area contributed by atoms with Crippen LogP contribution in [0.15, 0.2) is 11.5 Å². The van der Waals surface area contributed by atoms with Crippen LogP contribution in [0.3, 0.4) is 0 Å². The Morgan fingerprint density at radius 2 is 1.52 bits per heavy atom. The first kappa shape index (κ1) is 21.4. The first-order chi connectivity index (χ1) is 10.1. The summed E-state index contributed by atoms with van der Waals surface area (Å²) in [7, 11) is -3.39. The summed E-state index contributed by atoms with van der Waals surface area (Å²) in [6.45, 7) is 10.2. The predicted octanol–water partition coefficient (Wildman–Crippen LogP) is 2.17. The van der Waals surface area contributed by atoms with Crippen molar-refractivity contribution in [1.82, 2.24) is 5.32 Å². The van der Waals surface area contributed by atoms with Gasteiger partial charge in [-0.05, 0) is 41.5 Å². The number of carbonyl (C=O) groups excluding carboxylic acids is 2.